The highest BCUT2D eigenvalue weighted by Crippen LogP contribution is 2.28. The molecular formula is C18H29ClO2. The van der Waals surface area contributed by atoms with Gasteiger partial charge in [0, 0.05) is 5.02 Å². The highest BCUT2D eigenvalue weighted by atomic mass is 35.5. The number of benzene rings is 1. The zero-order chi connectivity index (χ0) is 17.0. The first-order chi connectivity index (χ1) is 10.1. The molecule has 0 unspecified atom stereocenters. The fraction of sp³-hybridized carbons (Fsp3) is 0.500. The molecule has 0 amide bonds. The summed E-state index contributed by atoms with van der Waals surface area (Å²) >= 11 is 6.09. The number of carbonyl (C=O) groups excluding carboxylic acids is 1. The summed E-state index contributed by atoms with van der Waals surface area (Å²) < 4.78 is 4.79. The Morgan fingerprint density at radius 1 is 1.24 bits per heavy atom. The molecule has 21 heavy (non-hydrogen) atoms. The second-order valence-electron chi connectivity index (χ2n) is 3.75. The van der Waals surface area contributed by atoms with Gasteiger partial charge in [0.25, 0.3) is 0 Å². The number of hydrogen-bond donors (Lipinski definition) is 0. The Hall–Kier alpha value is -1.28. The predicted molar refractivity (Wildman–Crippen MR) is 93.9 cm³/mol. The van der Waals surface area contributed by atoms with Crippen molar-refractivity contribution in [2.45, 2.75) is 54.9 Å². The van der Waals surface area contributed by atoms with Crippen LogP contribution in [0.1, 0.15) is 58.2 Å². The van der Waals surface area contributed by atoms with Crippen LogP contribution in [0.5, 0.6) is 0 Å². The van der Waals surface area contributed by atoms with Crippen LogP contribution in [0.3, 0.4) is 0 Å². The van der Waals surface area contributed by atoms with Crippen molar-refractivity contribution < 1.29 is 9.53 Å². The molecule has 0 saturated carbocycles. The molecule has 0 fully saturated rings. The third-order valence-corrected chi connectivity index (χ3v) is 3.28. The van der Waals surface area contributed by atoms with Crippen molar-refractivity contribution in [1.29, 1.82) is 0 Å². The summed E-state index contributed by atoms with van der Waals surface area (Å²) in [7, 11) is 1.39. The standard InChI is InChI=1S/C14H17ClO2.2C2H6/c1-5-10-9(3)13(15)8-7-12(10)11(6-2)14(16)17-4;2*1-2/h6-8H,5H2,1-4H3;2*1-2H3/b11-6+;;. The van der Waals surface area contributed by atoms with Gasteiger partial charge in [-0.2, -0.15) is 0 Å². The Balaban J connectivity index is 0. The molecular weight excluding hydrogens is 284 g/mol. The molecule has 3 heteroatoms. The van der Waals surface area contributed by atoms with Crippen molar-refractivity contribution in [2.75, 3.05) is 7.11 Å². The molecule has 1 aromatic carbocycles. The Morgan fingerprint density at radius 2 is 1.76 bits per heavy atom. The lowest BCUT2D eigenvalue weighted by molar-refractivity contribution is -0.133. The van der Waals surface area contributed by atoms with Crippen LogP contribution < -0.4 is 0 Å². The number of rotatable bonds is 3. The van der Waals surface area contributed by atoms with Gasteiger partial charge in [0.2, 0.25) is 0 Å². The summed E-state index contributed by atoms with van der Waals surface area (Å²) in [6, 6.07) is 3.69. The van der Waals surface area contributed by atoms with E-state index in [0.29, 0.717) is 5.57 Å². The van der Waals surface area contributed by atoms with Gasteiger partial charge >= 0.3 is 5.97 Å². The van der Waals surface area contributed by atoms with Crippen LogP contribution in [0.15, 0.2) is 18.2 Å². The molecule has 0 bridgehead atoms. The Kier molecular flexibility index (Phi) is 13.1. The summed E-state index contributed by atoms with van der Waals surface area (Å²) in [5.74, 6) is -0.316. The second kappa shape index (κ2) is 12.5. The van der Waals surface area contributed by atoms with E-state index in [9.17, 15) is 4.79 Å². The van der Waals surface area contributed by atoms with E-state index in [1.807, 2.05) is 60.6 Å². The number of halogens is 1. The van der Waals surface area contributed by atoms with E-state index in [2.05, 4.69) is 0 Å². The first-order valence-electron chi connectivity index (χ1n) is 7.59. The zero-order valence-corrected chi connectivity index (χ0v) is 15.4. The van der Waals surface area contributed by atoms with E-state index in [1.54, 1.807) is 6.08 Å². The van der Waals surface area contributed by atoms with Crippen LogP contribution in [0.4, 0.5) is 0 Å². The highest BCUT2D eigenvalue weighted by molar-refractivity contribution is 6.31. The summed E-state index contributed by atoms with van der Waals surface area (Å²) in [6.07, 6.45) is 2.60. The summed E-state index contributed by atoms with van der Waals surface area (Å²) in [6.45, 7) is 13.8. The van der Waals surface area contributed by atoms with Gasteiger partial charge < -0.3 is 4.74 Å². The van der Waals surface area contributed by atoms with Gasteiger partial charge in [-0.25, -0.2) is 4.79 Å². The second-order valence-corrected chi connectivity index (χ2v) is 4.15. The van der Waals surface area contributed by atoms with Crippen LogP contribution in [0.25, 0.3) is 5.57 Å². The number of hydrogen-bond acceptors (Lipinski definition) is 2. The molecule has 0 atom stereocenters. The van der Waals surface area contributed by atoms with Gasteiger partial charge in [-0.15, -0.1) is 0 Å². The molecule has 0 aliphatic heterocycles. The van der Waals surface area contributed by atoms with E-state index >= 15 is 0 Å². The van der Waals surface area contributed by atoms with E-state index in [0.717, 1.165) is 28.1 Å². The fourth-order valence-electron chi connectivity index (χ4n) is 1.93. The SMILES string of the molecule is C/C=C(/C(=O)OC)c1ccc(Cl)c(C)c1CC.CC.CC. The Bertz CT molecular complexity index is 463. The van der Waals surface area contributed by atoms with Crippen LogP contribution in [0, 0.1) is 6.92 Å². The third kappa shape index (κ3) is 5.92. The van der Waals surface area contributed by atoms with E-state index < -0.39 is 0 Å². The molecule has 0 heterocycles. The smallest absolute Gasteiger partial charge is 0.338 e. The number of esters is 1. The zero-order valence-electron chi connectivity index (χ0n) is 14.6. The van der Waals surface area contributed by atoms with Crippen LogP contribution in [-0.2, 0) is 16.0 Å². The minimum atomic E-state index is -0.316. The molecule has 120 valence electrons. The molecule has 0 radical (unpaired) electrons. The molecule has 0 saturated heterocycles. The monoisotopic (exact) mass is 312 g/mol. The van der Waals surface area contributed by atoms with Gasteiger partial charge in [-0.3, -0.25) is 0 Å². The molecule has 1 aromatic rings. The number of methoxy groups -OCH3 is 1. The minimum absolute atomic E-state index is 0.316. The van der Waals surface area contributed by atoms with Crippen molar-refractivity contribution >= 4 is 23.1 Å². The third-order valence-electron chi connectivity index (χ3n) is 2.87. The summed E-state index contributed by atoms with van der Waals surface area (Å²) in [5.41, 5.74) is 3.61. The van der Waals surface area contributed by atoms with Gasteiger partial charge in [-0.05, 0) is 43.0 Å². The van der Waals surface area contributed by atoms with Crippen LogP contribution in [0.2, 0.25) is 5.02 Å². The topological polar surface area (TPSA) is 26.3 Å². The van der Waals surface area contributed by atoms with Crippen molar-refractivity contribution in [3.05, 3.63) is 39.9 Å². The van der Waals surface area contributed by atoms with Crippen molar-refractivity contribution in [3.63, 3.8) is 0 Å². The van der Waals surface area contributed by atoms with Gasteiger partial charge in [0.15, 0.2) is 0 Å². The lowest BCUT2D eigenvalue weighted by Gasteiger charge is -2.14. The maximum absolute atomic E-state index is 11.7. The molecule has 2 nitrogen and oxygen atoms in total. The summed E-state index contributed by atoms with van der Waals surface area (Å²) in [4.78, 5) is 11.7. The normalized spacial score (nSPS) is 9.86. The van der Waals surface area contributed by atoms with Gasteiger partial charge in [0.05, 0.1) is 12.7 Å². The largest absolute Gasteiger partial charge is 0.465 e. The van der Waals surface area contributed by atoms with Crippen LogP contribution in [-0.4, -0.2) is 13.1 Å². The van der Waals surface area contributed by atoms with Crippen LogP contribution >= 0.6 is 11.6 Å². The lowest BCUT2D eigenvalue weighted by atomic mass is 9.94. The van der Waals surface area contributed by atoms with E-state index in [-0.39, 0.29) is 5.97 Å². The van der Waals surface area contributed by atoms with E-state index in [4.69, 9.17) is 16.3 Å². The number of carbonyl (C=O) groups is 1. The fourth-order valence-corrected chi connectivity index (χ4v) is 2.11. The first-order valence-corrected chi connectivity index (χ1v) is 7.97. The quantitative estimate of drug-likeness (QED) is 0.517. The lowest BCUT2D eigenvalue weighted by Crippen LogP contribution is -2.07. The number of allylic oxidation sites excluding steroid dienone is 1. The molecule has 0 spiro atoms. The van der Waals surface area contributed by atoms with Crippen molar-refractivity contribution in [2.24, 2.45) is 0 Å². The maximum Gasteiger partial charge on any atom is 0.338 e. The van der Waals surface area contributed by atoms with E-state index in [1.165, 1.54) is 7.11 Å². The predicted octanol–water partition coefficient (Wildman–Crippen LogP) is 5.84. The maximum atomic E-state index is 11.7. The minimum Gasteiger partial charge on any atom is -0.465 e. The Labute approximate surface area is 135 Å². The number of ether oxygens (including phenoxy) is 1. The highest BCUT2D eigenvalue weighted by Gasteiger charge is 2.16. The molecule has 0 aliphatic carbocycles. The van der Waals surface area contributed by atoms with Gasteiger partial charge in [-0.1, -0.05) is 58.4 Å². The Morgan fingerprint density at radius 3 is 2.14 bits per heavy atom. The molecule has 0 aliphatic rings. The van der Waals surface area contributed by atoms with Crippen molar-refractivity contribution in [3.8, 4) is 0 Å². The molecule has 0 N–H and O–H groups in total. The average molecular weight is 313 g/mol. The summed E-state index contributed by atoms with van der Waals surface area (Å²) in [5, 5.41) is 0.728. The van der Waals surface area contributed by atoms with Crippen molar-refractivity contribution in [1.82, 2.24) is 0 Å². The molecule has 0 aromatic heterocycles. The van der Waals surface area contributed by atoms with Gasteiger partial charge in [0.1, 0.15) is 0 Å². The molecule has 1 rings (SSSR count). The average Bonchev–Trinajstić information content (AvgIpc) is 2.55. The first kappa shape index (κ1) is 22.0.